The second kappa shape index (κ2) is 11.5. The Labute approximate surface area is 219 Å². The van der Waals surface area contributed by atoms with Crippen LogP contribution in [0.2, 0.25) is 5.02 Å². The maximum Gasteiger partial charge on any atom is 0.255 e. The number of carbonyl (C=O) groups is 2. The van der Waals surface area contributed by atoms with Gasteiger partial charge in [0.25, 0.3) is 5.91 Å². The molecule has 0 unspecified atom stereocenters. The van der Waals surface area contributed by atoms with Gasteiger partial charge in [0.05, 0.1) is 0 Å². The Hall–Kier alpha value is -4.20. The van der Waals surface area contributed by atoms with Gasteiger partial charge < -0.3 is 15.1 Å². The zero-order chi connectivity index (χ0) is 25.5. The van der Waals surface area contributed by atoms with Crippen molar-refractivity contribution in [2.24, 2.45) is 0 Å². The fourth-order valence-corrected chi connectivity index (χ4v) is 3.73. The number of hydrogen-bond donors (Lipinski definition) is 3. The van der Waals surface area contributed by atoms with E-state index in [-0.39, 0.29) is 11.0 Å². The molecular weight excluding hydrogens is 494 g/mol. The smallest absolute Gasteiger partial charge is 0.255 e. The monoisotopic (exact) mass is 515 g/mol. The number of benzene rings is 3. The summed E-state index contributed by atoms with van der Waals surface area (Å²) in [4.78, 5) is 24.9. The van der Waals surface area contributed by atoms with Crippen molar-refractivity contribution in [2.75, 3.05) is 10.6 Å². The maximum absolute atomic E-state index is 12.6. The maximum atomic E-state index is 12.6. The van der Waals surface area contributed by atoms with E-state index in [4.69, 9.17) is 28.2 Å². The van der Waals surface area contributed by atoms with Crippen LogP contribution in [-0.4, -0.2) is 16.9 Å². The molecule has 0 atom stereocenters. The molecule has 0 fully saturated rings. The molecule has 0 saturated heterocycles. The molecule has 3 aromatic carbocycles. The lowest BCUT2D eigenvalue weighted by molar-refractivity contribution is -0.115. The van der Waals surface area contributed by atoms with Crippen LogP contribution in [0.1, 0.15) is 21.7 Å². The van der Waals surface area contributed by atoms with Crippen molar-refractivity contribution in [3.05, 3.63) is 113 Å². The summed E-state index contributed by atoms with van der Waals surface area (Å²) in [6, 6.07) is 25.3. The van der Waals surface area contributed by atoms with Gasteiger partial charge >= 0.3 is 0 Å². The Morgan fingerprint density at radius 2 is 1.61 bits per heavy atom. The summed E-state index contributed by atoms with van der Waals surface area (Å²) in [7, 11) is 0. The molecule has 0 saturated carbocycles. The third-order valence-corrected chi connectivity index (χ3v) is 5.62. The molecule has 0 radical (unpaired) electrons. The van der Waals surface area contributed by atoms with Crippen molar-refractivity contribution >= 4 is 58.2 Å². The van der Waals surface area contributed by atoms with Gasteiger partial charge in [0.15, 0.2) is 5.11 Å². The highest BCUT2D eigenvalue weighted by atomic mass is 35.5. The molecule has 0 spiro atoms. The van der Waals surface area contributed by atoms with Gasteiger partial charge in [-0.25, -0.2) is 0 Å². The van der Waals surface area contributed by atoms with Crippen LogP contribution in [0.3, 0.4) is 0 Å². The van der Waals surface area contributed by atoms with Gasteiger partial charge in [-0.3, -0.25) is 14.9 Å². The Bertz CT molecular complexity index is 1440. The highest BCUT2D eigenvalue weighted by Crippen LogP contribution is 2.24. The Kier molecular flexibility index (Phi) is 7.95. The van der Waals surface area contributed by atoms with Crippen molar-refractivity contribution in [1.29, 1.82) is 0 Å². The largest absolute Gasteiger partial charge is 0.457 e. The number of aryl methyl sites for hydroxylation is 1. The average molecular weight is 516 g/mol. The first-order valence-electron chi connectivity index (χ1n) is 11.0. The fourth-order valence-electron chi connectivity index (χ4n) is 3.39. The minimum absolute atomic E-state index is 0.119. The van der Waals surface area contributed by atoms with Crippen LogP contribution in [-0.2, 0) is 4.79 Å². The van der Waals surface area contributed by atoms with Gasteiger partial charge in [0.1, 0.15) is 11.5 Å². The minimum atomic E-state index is -0.416. The Morgan fingerprint density at radius 1 is 0.889 bits per heavy atom. The van der Waals surface area contributed by atoms with E-state index in [1.54, 1.807) is 54.6 Å². The van der Waals surface area contributed by atoms with Gasteiger partial charge in [-0.05, 0) is 91.4 Å². The SMILES string of the molecule is Cc1ccccc1C(=O)Nc1cccc(NC(=S)NC(=O)C=Cc2ccc(-c3ccc(Cl)cc3)o2)c1. The number of hydrogen-bond acceptors (Lipinski definition) is 4. The Balaban J connectivity index is 1.31. The Morgan fingerprint density at radius 3 is 2.36 bits per heavy atom. The van der Waals surface area contributed by atoms with Crippen LogP contribution < -0.4 is 16.0 Å². The molecule has 180 valence electrons. The lowest BCUT2D eigenvalue weighted by Crippen LogP contribution is -2.32. The molecule has 0 aliphatic heterocycles. The molecule has 0 aliphatic rings. The van der Waals surface area contributed by atoms with Gasteiger partial charge in [-0.2, -0.15) is 0 Å². The first-order chi connectivity index (χ1) is 17.4. The van der Waals surface area contributed by atoms with E-state index >= 15 is 0 Å². The van der Waals surface area contributed by atoms with Crippen molar-refractivity contribution in [1.82, 2.24) is 5.32 Å². The quantitative estimate of drug-likeness (QED) is 0.197. The van der Waals surface area contributed by atoms with Gasteiger partial charge in [0.2, 0.25) is 5.91 Å². The van der Waals surface area contributed by atoms with Gasteiger partial charge in [-0.15, -0.1) is 0 Å². The number of halogens is 1. The van der Waals surface area contributed by atoms with E-state index in [0.29, 0.717) is 33.5 Å². The average Bonchev–Trinajstić information content (AvgIpc) is 3.33. The number of amides is 2. The van der Waals surface area contributed by atoms with Crippen LogP contribution in [0.5, 0.6) is 0 Å². The highest BCUT2D eigenvalue weighted by molar-refractivity contribution is 7.80. The standard InChI is InChI=1S/C28H22ClN3O3S/c1-18-5-2-3-8-24(18)27(34)30-21-6-4-7-22(17-21)31-28(36)32-26(33)16-14-23-13-15-25(35-23)19-9-11-20(29)12-10-19/h2-17H,1H3,(H,30,34)(H2,31,32,33,36). The van der Waals surface area contributed by atoms with E-state index in [2.05, 4.69) is 16.0 Å². The molecule has 36 heavy (non-hydrogen) atoms. The second-order valence-electron chi connectivity index (χ2n) is 7.84. The lowest BCUT2D eigenvalue weighted by Gasteiger charge is -2.11. The van der Waals surface area contributed by atoms with E-state index < -0.39 is 5.91 Å². The summed E-state index contributed by atoms with van der Waals surface area (Å²) in [5.74, 6) is 0.564. The van der Waals surface area contributed by atoms with Crippen LogP contribution in [0.4, 0.5) is 11.4 Å². The van der Waals surface area contributed by atoms with Crippen molar-refractivity contribution in [3.8, 4) is 11.3 Å². The summed E-state index contributed by atoms with van der Waals surface area (Å²) in [5, 5.41) is 9.17. The predicted molar refractivity (Wildman–Crippen MR) is 148 cm³/mol. The molecule has 2 amide bonds. The van der Waals surface area contributed by atoms with E-state index in [9.17, 15) is 9.59 Å². The van der Waals surface area contributed by atoms with E-state index in [1.165, 1.54) is 6.08 Å². The van der Waals surface area contributed by atoms with Crippen LogP contribution in [0.15, 0.2) is 95.4 Å². The third kappa shape index (κ3) is 6.69. The second-order valence-corrected chi connectivity index (χ2v) is 8.68. The van der Waals surface area contributed by atoms with Crippen LogP contribution in [0, 0.1) is 6.92 Å². The fraction of sp³-hybridized carbons (Fsp3) is 0.0357. The normalized spacial score (nSPS) is 10.7. The number of nitrogens with one attached hydrogen (secondary N) is 3. The summed E-state index contributed by atoms with van der Waals surface area (Å²) < 4.78 is 5.75. The highest BCUT2D eigenvalue weighted by Gasteiger charge is 2.09. The van der Waals surface area contributed by atoms with Crippen LogP contribution in [0.25, 0.3) is 17.4 Å². The summed E-state index contributed by atoms with van der Waals surface area (Å²) >= 11 is 11.2. The molecular formula is C28H22ClN3O3S. The first-order valence-corrected chi connectivity index (χ1v) is 11.8. The topological polar surface area (TPSA) is 83.4 Å². The zero-order valence-corrected chi connectivity index (χ0v) is 20.8. The number of thiocarbonyl (C=S) groups is 1. The first kappa shape index (κ1) is 24.9. The molecule has 1 heterocycles. The number of rotatable bonds is 6. The minimum Gasteiger partial charge on any atom is -0.457 e. The molecule has 4 aromatic rings. The summed E-state index contributed by atoms with van der Waals surface area (Å²) in [5.41, 5.74) is 3.58. The van der Waals surface area contributed by atoms with Crippen molar-refractivity contribution in [2.45, 2.75) is 6.92 Å². The molecule has 0 aliphatic carbocycles. The van der Waals surface area contributed by atoms with Gasteiger partial charge in [-0.1, -0.05) is 35.9 Å². The molecule has 1 aromatic heterocycles. The van der Waals surface area contributed by atoms with E-state index in [0.717, 1.165) is 11.1 Å². The molecule has 8 heteroatoms. The zero-order valence-electron chi connectivity index (χ0n) is 19.2. The van der Waals surface area contributed by atoms with Crippen LogP contribution >= 0.6 is 23.8 Å². The van der Waals surface area contributed by atoms with Crippen molar-refractivity contribution in [3.63, 3.8) is 0 Å². The number of anilines is 2. The predicted octanol–water partition coefficient (Wildman–Crippen LogP) is 6.69. The molecule has 3 N–H and O–H groups in total. The molecule has 0 bridgehead atoms. The summed E-state index contributed by atoms with van der Waals surface area (Å²) in [6.07, 6.45) is 2.89. The number of carbonyl (C=O) groups excluding carboxylic acids is 2. The van der Waals surface area contributed by atoms with E-state index in [1.807, 2.05) is 43.3 Å². The number of furan rings is 1. The molecule has 4 rings (SSSR count). The van der Waals surface area contributed by atoms with Gasteiger partial charge in [0, 0.05) is 33.6 Å². The van der Waals surface area contributed by atoms with Crippen molar-refractivity contribution < 1.29 is 14.0 Å². The third-order valence-electron chi connectivity index (χ3n) is 5.16. The molecule has 6 nitrogen and oxygen atoms in total. The lowest BCUT2D eigenvalue weighted by atomic mass is 10.1. The summed E-state index contributed by atoms with van der Waals surface area (Å²) in [6.45, 7) is 1.88.